The number of thioether (sulfide) groups is 4. The first-order valence-corrected chi connectivity index (χ1v) is 21.7. The Bertz CT molecular complexity index is 2050. The number of nitrogens with one attached hydrogen (secondary N) is 5. The summed E-state index contributed by atoms with van der Waals surface area (Å²) in [6.07, 6.45) is 1.97. The van der Waals surface area contributed by atoms with Crippen molar-refractivity contribution in [2.75, 3.05) is 32.7 Å². The van der Waals surface area contributed by atoms with Crippen LogP contribution in [0.2, 0.25) is 0 Å². The summed E-state index contributed by atoms with van der Waals surface area (Å²) in [5.74, 6) is 3.27. The molecular weight excluding hydrogens is 788 g/mol. The predicted molar refractivity (Wildman–Crippen MR) is 235 cm³/mol. The van der Waals surface area contributed by atoms with E-state index < -0.39 is 5.82 Å². The van der Waals surface area contributed by atoms with E-state index in [0.29, 0.717) is 45.8 Å². The Morgan fingerprint density at radius 3 is 1.46 bits per heavy atom. The van der Waals surface area contributed by atoms with Crippen LogP contribution in [0.5, 0.6) is 23.0 Å². The van der Waals surface area contributed by atoms with Crippen molar-refractivity contribution in [1.29, 1.82) is 21.6 Å². The van der Waals surface area contributed by atoms with Crippen molar-refractivity contribution in [3.63, 3.8) is 0 Å². The van der Waals surface area contributed by atoms with Gasteiger partial charge in [-0.3, -0.25) is 21.6 Å². The fourth-order valence-corrected chi connectivity index (χ4v) is 8.15. The molecule has 0 radical (unpaired) electrons. The molecule has 12 nitrogen and oxygen atoms in total. The molecule has 0 bridgehead atoms. The van der Waals surface area contributed by atoms with Gasteiger partial charge in [0.05, 0.1) is 0 Å². The lowest BCUT2D eigenvalue weighted by Crippen LogP contribution is -2.43. The van der Waals surface area contributed by atoms with Gasteiger partial charge in [-0.2, -0.15) is 0 Å². The van der Waals surface area contributed by atoms with Crippen LogP contribution in [0.3, 0.4) is 0 Å². The molecule has 0 unspecified atom stereocenters. The molecule has 296 valence electrons. The fourth-order valence-electron chi connectivity index (χ4n) is 6.00. The van der Waals surface area contributed by atoms with Crippen LogP contribution in [0.15, 0.2) is 72.8 Å². The van der Waals surface area contributed by atoms with Crippen molar-refractivity contribution in [3.8, 4) is 34.1 Å². The highest BCUT2D eigenvalue weighted by Gasteiger charge is 2.17. The molecule has 1 heterocycles. The van der Waals surface area contributed by atoms with Gasteiger partial charge in [-0.1, -0.05) is 71.3 Å². The molecule has 0 amide bonds. The Morgan fingerprint density at radius 2 is 1.00 bits per heavy atom. The molecule has 1 aliphatic rings. The zero-order valence-electron chi connectivity index (χ0n) is 30.8. The standard InChI is InChI=1S/C39H47FN10O2S4/c40-31-6-10-35(30(19-31)23-56-39(47)48)52-34-9-5-26(18-29(34)22-55-38(45)46)25-4-8-33(28(17-25)21-54-37(43)44)51-32-7-3-24(16-27(32)20-53-36(41)42)2-1-13-50-14-11-49-12-15-50/h3-10,16-19,49H,1-2,11-15,20-23H2,(H3,41,42)(H3,43,44)(H3,45,46)(H3,47,48). The smallest absolute Gasteiger partial charge is 0.151 e. The molecule has 0 saturated carbocycles. The molecule has 17 heteroatoms. The molecule has 4 aromatic rings. The molecule has 0 spiro atoms. The van der Waals surface area contributed by atoms with Crippen molar-refractivity contribution in [2.24, 2.45) is 22.9 Å². The normalized spacial score (nSPS) is 12.9. The molecule has 4 aromatic carbocycles. The second-order valence-corrected chi connectivity index (χ2v) is 16.9. The van der Waals surface area contributed by atoms with Crippen LogP contribution in [0.1, 0.15) is 34.2 Å². The summed E-state index contributed by atoms with van der Waals surface area (Å²) in [6, 6.07) is 22.0. The quantitative estimate of drug-likeness (QED) is 0.0374. The van der Waals surface area contributed by atoms with Crippen LogP contribution in [-0.2, 0) is 29.4 Å². The van der Waals surface area contributed by atoms with Gasteiger partial charge < -0.3 is 42.6 Å². The third-order valence-electron chi connectivity index (χ3n) is 8.72. The van der Waals surface area contributed by atoms with Crippen molar-refractivity contribution < 1.29 is 13.9 Å². The third kappa shape index (κ3) is 13.4. The minimum atomic E-state index is -0.426. The largest absolute Gasteiger partial charge is 0.457 e. The number of hydrogen-bond donors (Lipinski definition) is 9. The highest BCUT2D eigenvalue weighted by Crippen LogP contribution is 2.38. The molecule has 1 saturated heterocycles. The van der Waals surface area contributed by atoms with E-state index in [1.54, 1.807) is 6.07 Å². The minimum Gasteiger partial charge on any atom is -0.457 e. The first kappa shape index (κ1) is 42.7. The van der Waals surface area contributed by atoms with Gasteiger partial charge in [-0.15, -0.1) is 0 Å². The molecule has 0 aromatic heterocycles. The lowest BCUT2D eigenvalue weighted by molar-refractivity contribution is 0.238. The van der Waals surface area contributed by atoms with Gasteiger partial charge in [0.15, 0.2) is 20.7 Å². The highest BCUT2D eigenvalue weighted by molar-refractivity contribution is 8.13. The number of piperazine rings is 1. The molecule has 0 atom stereocenters. The SMILES string of the molecule is N=C(N)SCc1cc(F)ccc1Oc1ccc(-c2ccc(Oc3ccc(CCCN4CCNCC4)cc3CSC(=N)N)c(CSC(=N)N)c2)cc1CSC(=N)N. The zero-order valence-corrected chi connectivity index (χ0v) is 34.1. The van der Waals surface area contributed by atoms with Crippen LogP contribution >= 0.6 is 47.0 Å². The molecule has 5 rings (SSSR count). The molecule has 1 fully saturated rings. The summed E-state index contributed by atoms with van der Waals surface area (Å²) >= 11 is 4.67. The summed E-state index contributed by atoms with van der Waals surface area (Å²) in [5, 5.41) is 34.4. The number of ether oxygens (including phenoxy) is 2. The minimum absolute atomic E-state index is 0.0167. The van der Waals surface area contributed by atoms with Gasteiger partial charge in [0.2, 0.25) is 0 Å². The molecule has 13 N–H and O–H groups in total. The van der Waals surface area contributed by atoms with Crippen LogP contribution in [0.25, 0.3) is 11.1 Å². The van der Waals surface area contributed by atoms with E-state index in [4.69, 9.17) is 54.0 Å². The lowest BCUT2D eigenvalue weighted by atomic mass is 10.0. The van der Waals surface area contributed by atoms with Crippen LogP contribution in [0.4, 0.5) is 4.39 Å². The van der Waals surface area contributed by atoms with E-state index in [1.165, 1.54) is 41.2 Å². The second kappa shape index (κ2) is 21.2. The number of halogens is 1. The number of hydrogen-bond acceptors (Lipinski definition) is 12. The van der Waals surface area contributed by atoms with Gasteiger partial charge in [-0.25, -0.2) is 4.39 Å². The Kier molecular flexibility index (Phi) is 16.2. The zero-order chi connectivity index (χ0) is 40.0. The van der Waals surface area contributed by atoms with Crippen LogP contribution in [-0.4, -0.2) is 58.3 Å². The van der Waals surface area contributed by atoms with E-state index >= 15 is 0 Å². The first-order valence-electron chi connectivity index (χ1n) is 17.8. The van der Waals surface area contributed by atoms with Gasteiger partial charge >= 0.3 is 0 Å². The van der Waals surface area contributed by atoms with Crippen LogP contribution < -0.4 is 37.7 Å². The average molecular weight is 835 g/mol. The van der Waals surface area contributed by atoms with E-state index in [9.17, 15) is 4.39 Å². The van der Waals surface area contributed by atoms with Crippen molar-refractivity contribution in [1.82, 2.24) is 10.2 Å². The number of amidine groups is 4. The molecule has 1 aliphatic heterocycles. The lowest BCUT2D eigenvalue weighted by Gasteiger charge is -2.27. The fraction of sp³-hybridized carbons (Fsp3) is 0.282. The molecular formula is C39H47FN10O2S4. The Morgan fingerprint density at radius 1 is 0.589 bits per heavy atom. The summed E-state index contributed by atoms with van der Waals surface area (Å²) in [5.41, 5.74) is 28.8. The number of nitrogens with zero attached hydrogens (tertiary/aromatic N) is 1. The Hall–Kier alpha value is -4.39. The van der Waals surface area contributed by atoms with E-state index in [1.807, 2.05) is 42.5 Å². The van der Waals surface area contributed by atoms with Gasteiger partial charge in [0, 0.05) is 71.4 Å². The maximum atomic E-state index is 14.2. The van der Waals surface area contributed by atoms with E-state index in [2.05, 4.69) is 22.3 Å². The average Bonchev–Trinajstić information content (AvgIpc) is 3.17. The second-order valence-electron chi connectivity index (χ2n) is 12.9. The summed E-state index contributed by atoms with van der Waals surface area (Å²) in [4.78, 5) is 2.49. The van der Waals surface area contributed by atoms with Crippen molar-refractivity contribution in [2.45, 2.75) is 35.9 Å². The van der Waals surface area contributed by atoms with Gasteiger partial charge in [-0.05, 0) is 84.6 Å². The summed E-state index contributed by atoms with van der Waals surface area (Å²) in [7, 11) is 0. The monoisotopic (exact) mass is 834 g/mol. The highest BCUT2D eigenvalue weighted by atomic mass is 32.2. The Balaban J connectivity index is 1.42. The number of benzene rings is 4. The maximum Gasteiger partial charge on any atom is 0.151 e. The van der Waals surface area contributed by atoms with Gasteiger partial charge in [0.25, 0.3) is 0 Å². The first-order chi connectivity index (χ1) is 26.9. The topological polar surface area (TPSA) is 233 Å². The van der Waals surface area contributed by atoms with Gasteiger partial charge in [0.1, 0.15) is 28.8 Å². The van der Waals surface area contributed by atoms with E-state index in [0.717, 1.165) is 96.9 Å². The maximum absolute atomic E-state index is 14.2. The molecule has 0 aliphatic carbocycles. The number of aryl methyl sites for hydroxylation is 1. The predicted octanol–water partition coefficient (Wildman–Crippen LogP) is 7.42. The molecule has 56 heavy (non-hydrogen) atoms. The number of nitrogens with two attached hydrogens (primary N) is 4. The van der Waals surface area contributed by atoms with E-state index in [-0.39, 0.29) is 26.4 Å². The third-order valence-corrected chi connectivity index (χ3v) is 11.8. The van der Waals surface area contributed by atoms with Crippen molar-refractivity contribution in [3.05, 3.63) is 106 Å². The van der Waals surface area contributed by atoms with Crippen molar-refractivity contribution >= 4 is 67.7 Å². The summed E-state index contributed by atoms with van der Waals surface area (Å²) in [6.45, 7) is 5.23. The number of rotatable bonds is 17. The van der Waals surface area contributed by atoms with Crippen LogP contribution in [0, 0.1) is 27.5 Å². The Labute approximate surface area is 343 Å². The summed E-state index contributed by atoms with van der Waals surface area (Å²) < 4.78 is 27.1.